The number of nitrogens with one attached hydrogen (secondary N) is 1. The lowest BCUT2D eigenvalue weighted by atomic mass is 10.1. The number of thiophene rings is 1. The molecular formula is C13H13ClN2OS. The average Bonchev–Trinajstić information content (AvgIpc) is 2.84. The van der Waals surface area contributed by atoms with Gasteiger partial charge in [-0.2, -0.15) is 0 Å². The molecule has 0 spiro atoms. The summed E-state index contributed by atoms with van der Waals surface area (Å²) in [7, 11) is 0. The van der Waals surface area contributed by atoms with E-state index in [1.165, 1.54) is 4.88 Å². The van der Waals surface area contributed by atoms with Crippen LogP contribution in [0.4, 0.5) is 0 Å². The number of hydrogen-bond acceptors (Lipinski definition) is 3. The number of amides is 1. The van der Waals surface area contributed by atoms with Gasteiger partial charge >= 0.3 is 0 Å². The number of carbonyl (C=O) groups is 1. The summed E-state index contributed by atoms with van der Waals surface area (Å²) >= 11 is 7.80. The van der Waals surface area contributed by atoms with Gasteiger partial charge in [0.15, 0.2) is 0 Å². The molecule has 1 aromatic heterocycles. The molecule has 1 amide bonds. The van der Waals surface area contributed by atoms with Crippen LogP contribution in [0.15, 0.2) is 35.7 Å². The van der Waals surface area contributed by atoms with Crippen LogP contribution in [-0.2, 0) is 13.1 Å². The van der Waals surface area contributed by atoms with Crippen molar-refractivity contribution in [2.75, 3.05) is 0 Å². The van der Waals surface area contributed by atoms with Crippen LogP contribution < -0.4 is 11.1 Å². The van der Waals surface area contributed by atoms with Gasteiger partial charge in [-0.3, -0.25) is 4.79 Å². The highest BCUT2D eigenvalue weighted by molar-refractivity contribution is 7.09. The van der Waals surface area contributed by atoms with Crippen molar-refractivity contribution in [1.82, 2.24) is 5.32 Å². The first-order valence-corrected chi connectivity index (χ1v) is 6.74. The lowest BCUT2D eigenvalue weighted by Gasteiger charge is -2.07. The Balaban J connectivity index is 1.95. The number of primary amides is 1. The number of halogens is 1. The first-order valence-electron chi connectivity index (χ1n) is 5.48. The molecule has 1 aromatic carbocycles. The molecule has 0 saturated carbocycles. The highest BCUT2D eigenvalue weighted by Gasteiger charge is 2.05. The monoisotopic (exact) mass is 280 g/mol. The molecule has 3 nitrogen and oxygen atoms in total. The van der Waals surface area contributed by atoms with Gasteiger partial charge in [-0.15, -0.1) is 11.3 Å². The van der Waals surface area contributed by atoms with Gasteiger partial charge in [0, 0.05) is 28.6 Å². The normalized spacial score (nSPS) is 10.5. The van der Waals surface area contributed by atoms with Crippen molar-refractivity contribution < 1.29 is 4.79 Å². The fourth-order valence-corrected chi connectivity index (χ4v) is 2.50. The molecule has 5 heteroatoms. The van der Waals surface area contributed by atoms with Gasteiger partial charge in [-0.05, 0) is 29.1 Å². The van der Waals surface area contributed by atoms with E-state index in [9.17, 15) is 4.79 Å². The highest BCUT2D eigenvalue weighted by atomic mass is 35.5. The van der Waals surface area contributed by atoms with Crippen LogP contribution >= 0.6 is 22.9 Å². The molecule has 0 aliphatic rings. The lowest BCUT2D eigenvalue weighted by Crippen LogP contribution is -2.14. The molecule has 0 bridgehead atoms. The molecule has 0 aliphatic heterocycles. The van der Waals surface area contributed by atoms with E-state index in [1.807, 2.05) is 17.5 Å². The standard InChI is InChI=1S/C13H13ClN2OS/c14-12-6-9(13(15)17)3-4-10(12)7-16-8-11-2-1-5-18-11/h1-6,16H,7-8H2,(H2,15,17). The maximum Gasteiger partial charge on any atom is 0.248 e. The molecule has 1 heterocycles. The molecule has 0 radical (unpaired) electrons. The summed E-state index contributed by atoms with van der Waals surface area (Å²) in [6.07, 6.45) is 0. The Hall–Kier alpha value is -1.36. The van der Waals surface area contributed by atoms with E-state index in [0.29, 0.717) is 17.1 Å². The van der Waals surface area contributed by atoms with Crippen LogP contribution in [-0.4, -0.2) is 5.91 Å². The van der Waals surface area contributed by atoms with Crippen LogP contribution in [0, 0.1) is 0 Å². The largest absolute Gasteiger partial charge is 0.366 e. The van der Waals surface area contributed by atoms with Crippen molar-refractivity contribution >= 4 is 28.8 Å². The quantitative estimate of drug-likeness (QED) is 0.885. The lowest BCUT2D eigenvalue weighted by molar-refractivity contribution is 0.100. The zero-order valence-electron chi connectivity index (χ0n) is 9.65. The average molecular weight is 281 g/mol. The van der Waals surface area contributed by atoms with Gasteiger partial charge in [-0.1, -0.05) is 23.7 Å². The second kappa shape index (κ2) is 6.00. The molecule has 0 aliphatic carbocycles. The van der Waals surface area contributed by atoms with Crippen LogP contribution in [0.2, 0.25) is 5.02 Å². The van der Waals surface area contributed by atoms with Gasteiger partial charge < -0.3 is 11.1 Å². The first kappa shape index (κ1) is 13.1. The summed E-state index contributed by atoms with van der Waals surface area (Å²) in [6, 6.07) is 9.22. The van der Waals surface area contributed by atoms with E-state index in [0.717, 1.165) is 12.1 Å². The smallest absolute Gasteiger partial charge is 0.248 e. The third-order valence-electron chi connectivity index (χ3n) is 2.53. The van der Waals surface area contributed by atoms with Gasteiger partial charge in [0.2, 0.25) is 5.91 Å². The second-order valence-electron chi connectivity index (χ2n) is 3.85. The van der Waals surface area contributed by atoms with Crippen LogP contribution in [0.25, 0.3) is 0 Å². The fourth-order valence-electron chi connectivity index (χ4n) is 1.58. The van der Waals surface area contributed by atoms with Crippen molar-refractivity contribution in [3.05, 3.63) is 56.7 Å². The summed E-state index contributed by atoms with van der Waals surface area (Å²) in [4.78, 5) is 12.3. The van der Waals surface area contributed by atoms with Crippen LogP contribution in [0.3, 0.4) is 0 Å². The van der Waals surface area contributed by atoms with Gasteiger partial charge in [-0.25, -0.2) is 0 Å². The first-order chi connectivity index (χ1) is 8.66. The molecule has 0 atom stereocenters. The van der Waals surface area contributed by atoms with Crippen molar-refractivity contribution in [2.45, 2.75) is 13.1 Å². The second-order valence-corrected chi connectivity index (χ2v) is 5.29. The number of benzene rings is 1. The number of hydrogen-bond donors (Lipinski definition) is 2. The molecule has 2 rings (SSSR count). The summed E-state index contributed by atoms with van der Waals surface area (Å²) < 4.78 is 0. The van der Waals surface area contributed by atoms with Crippen LogP contribution in [0.1, 0.15) is 20.8 Å². The highest BCUT2D eigenvalue weighted by Crippen LogP contribution is 2.18. The van der Waals surface area contributed by atoms with E-state index in [1.54, 1.807) is 23.5 Å². The van der Waals surface area contributed by atoms with Crippen molar-refractivity contribution in [2.24, 2.45) is 5.73 Å². The molecule has 0 unspecified atom stereocenters. The summed E-state index contributed by atoms with van der Waals surface area (Å²) in [5, 5.41) is 5.91. The van der Waals surface area contributed by atoms with E-state index < -0.39 is 5.91 Å². The van der Waals surface area contributed by atoms with E-state index in [2.05, 4.69) is 11.4 Å². The Bertz CT molecular complexity index is 540. The Kier molecular flexibility index (Phi) is 4.36. The predicted octanol–water partition coefficient (Wildman–Crippen LogP) is 2.79. The molecule has 2 aromatic rings. The Morgan fingerprint density at radius 1 is 1.33 bits per heavy atom. The predicted molar refractivity (Wildman–Crippen MR) is 74.8 cm³/mol. The minimum absolute atomic E-state index is 0.432. The Labute approximate surface area is 115 Å². The van der Waals surface area contributed by atoms with Crippen molar-refractivity contribution in [3.8, 4) is 0 Å². The number of rotatable bonds is 5. The van der Waals surface area contributed by atoms with Gasteiger partial charge in [0.05, 0.1) is 0 Å². The Morgan fingerprint density at radius 3 is 2.78 bits per heavy atom. The summed E-state index contributed by atoms with van der Waals surface area (Å²) in [5.41, 5.74) is 6.57. The number of nitrogens with two attached hydrogens (primary N) is 1. The maximum atomic E-state index is 11.0. The third-order valence-corrected chi connectivity index (χ3v) is 3.76. The third kappa shape index (κ3) is 3.32. The molecule has 0 fully saturated rings. The van der Waals surface area contributed by atoms with Crippen molar-refractivity contribution in [1.29, 1.82) is 0 Å². The maximum absolute atomic E-state index is 11.0. The zero-order valence-corrected chi connectivity index (χ0v) is 11.2. The fraction of sp³-hybridized carbons (Fsp3) is 0.154. The SMILES string of the molecule is NC(=O)c1ccc(CNCc2cccs2)c(Cl)c1. The van der Waals surface area contributed by atoms with E-state index in [-0.39, 0.29) is 0 Å². The van der Waals surface area contributed by atoms with Gasteiger partial charge in [0.25, 0.3) is 0 Å². The summed E-state index contributed by atoms with van der Waals surface area (Å²) in [6.45, 7) is 1.47. The van der Waals surface area contributed by atoms with Crippen molar-refractivity contribution in [3.63, 3.8) is 0 Å². The zero-order chi connectivity index (χ0) is 13.0. The minimum Gasteiger partial charge on any atom is -0.366 e. The van der Waals surface area contributed by atoms with E-state index >= 15 is 0 Å². The topological polar surface area (TPSA) is 55.1 Å². The molecule has 3 N–H and O–H groups in total. The van der Waals surface area contributed by atoms with Gasteiger partial charge in [0.1, 0.15) is 0 Å². The molecule has 18 heavy (non-hydrogen) atoms. The summed E-state index contributed by atoms with van der Waals surface area (Å²) in [5.74, 6) is -0.463. The molecule has 94 valence electrons. The number of carbonyl (C=O) groups excluding carboxylic acids is 1. The molecule has 0 saturated heterocycles. The molecular weight excluding hydrogens is 268 g/mol. The minimum atomic E-state index is -0.463. The Morgan fingerprint density at radius 2 is 2.17 bits per heavy atom. The van der Waals surface area contributed by atoms with E-state index in [4.69, 9.17) is 17.3 Å². The van der Waals surface area contributed by atoms with Crippen LogP contribution in [0.5, 0.6) is 0 Å².